The van der Waals surface area contributed by atoms with Crippen LogP contribution in [0.15, 0.2) is 24.3 Å². The minimum atomic E-state index is -0.219. The number of carbonyl (C=O) groups is 1. The zero-order valence-corrected chi connectivity index (χ0v) is 13.9. The molecule has 0 unspecified atom stereocenters. The second-order valence-corrected chi connectivity index (χ2v) is 5.50. The van der Waals surface area contributed by atoms with Crippen LogP contribution in [0.1, 0.15) is 29.4 Å². The first kappa shape index (κ1) is 16.4. The van der Waals surface area contributed by atoms with Gasteiger partial charge in [-0.3, -0.25) is 4.68 Å². The molecule has 118 valence electrons. The number of aromatic nitrogens is 2. The van der Waals surface area contributed by atoms with Crippen molar-refractivity contribution in [3.05, 3.63) is 51.8 Å². The van der Waals surface area contributed by atoms with Crippen molar-refractivity contribution < 1.29 is 4.79 Å². The standard InChI is InChI=1S/C16H21ClN4O/c1-4-21-12(3)14(11(2)20-21)10-19-16(22)18-9-13-7-5-6-8-15(13)17/h5-8H,4,9-10H2,1-3H3,(H2,18,19,22). The number of nitrogens with zero attached hydrogens (tertiary/aromatic N) is 2. The summed E-state index contributed by atoms with van der Waals surface area (Å²) in [5, 5.41) is 10.8. The number of hydrogen-bond acceptors (Lipinski definition) is 2. The van der Waals surface area contributed by atoms with E-state index in [2.05, 4.69) is 15.7 Å². The van der Waals surface area contributed by atoms with E-state index in [4.69, 9.17) is 11.6 Å². The molecule has 2 N–H and O–H groups in total. The summed E-state index contributed by atoms with van der Waals surface area (Å²) >= 11 is 6.06. The van der Waals surface area contributed by atoms with Gasteiger partial charge in [-0.25, -0.2) is 4.79 Å². The first-order valence-corrected chi connectivity index (χ1v) is 7.68. The summed E-state index contributed by atoms with van der Waals surface area (Å²) in [7, 11) is 0. The summed E-state index contributed by atoms with van der Waals surface area (Å²) in [6.45, 7) is 7.71. The third-order valence-corrected chi connectivity index (χ3v) is 4.02. The Labute approximate surface area is 135 Å². The van der Waals surface area contributed by atoms with Crippen LogP contribution in [0.3, 0.4) is 0 Å². The second kappa shape index (κ2) is 7.31. The molecule has 2 rings (SSSR count). The van der Waals surface area contributed by atoms with Crippen LogP contribution in [0.25, 0.3) is 0 Å². The van der Waals surface area contributed by atoms with Crippen molar-refractivity contribution in [2.75, 3.05) is 0 Å². The van der Waals surface area contributed by atoms with Crippen molar-refractivity contribution >= 4 is 17.6 Å². The van der Waals surface area contributed by atoms with E-state index in [1.165, 1.54) is 0 Å². The zero-order chi connectivity index (χ0) is 16.1. The van der Waals surface area contributed by atoms with Crippen LogP contribution in [0.4, 0.5) is 4.79 Å². The van der Waals surface area contributed by atoms with Crippen molar-refractivity contribution in [3.63, 3.8) is 0 Å². The molecule has 2 aromatic rings. The molecule has 2 amide bonds. The lowest BCUT2D eigenvalue weighted by molar-refractivity contribution is 0.240. The van der Waals surface area contributed by atoms with E-state index in [1.807, 2.05) is 49.7 Å². The van der Waals surface area contributed by atoms with Crippen molar-refractivity contribution in [1.82, 2.24) is 20.4 Å². The Morgan fingerprint density at radius 3 is 2.55 bits per heavy atom. The van der Waals surface area contributed by atoms with Crippen LogP contribution in [0.5, 0.6) is 0 Å². The number of halogens is 1. The molecule has 0 radical (unpaired) electrons. The van der Waals surface area contributed by atoms with E-state index in [-0.39, 0.29) is 6.03 Å². The highest BCUT2D eigenvalue weighted by Crippen LogP contribution is 2.14. The van der Waals surface area contributed by atoms with Gasteiger partial charge in [0.05, 0.1) is 5.69 Å². The van der Waals surface area contributed by atoms with Gasteiger partial charge >= 0.3 is 6.03 Å². The van der Waals surface area contributed by atoms with E-state index >= 15 is 0 Å². The number of benzene rings is 1. The monoisotopic (exact) mass is 320 g/mol. The van der Waals surface area contributed by atoms with Gasteiger partial charge < -0.3 is 10.6 Å². The highest BCUT2D eigenvalue weighted by molar-refractivity contribution is 6.31. The predicted molar refractivity (Wildman–Crippen MR) is 87.9 cm³/mol. The van der Waals surface area contributed by atoms with Crippen LogP contribution in [-0.4, -0.2) is 15.8 Å². The molecule has 0 bridgehead atoms. The number of amides is 2. The van der Waals surface area contributed by atoms with Crippen molar-refractivity contribution in [2.24, 2.45) is 0 Å². The van der Waals surface area contributed by atoms with Crippen LogP contribution < -0.4 is 10.6 Å². The van der Waals surface area contributed by atoms with Gasteiger partial charge in [-0.1, -0.05) is 29.8 Å². The Balaban J connectivity index is 1.88. The van der Waals surface area contributed by atoms with E-state index in [1.54, 1.807) is 0 Å². The average molecular weight is 321 g/mol. The van der Waals surface area contributed by atoms with Gasteiger partial charge in [0.25, 0.3) is 0 Å². The summed E-state index contributed by atoms with van der Waals surface area (Å²) < 4.78 is 1.94. The summed E-state index contributed by atoms with van der Waals surface area (Å²) in [4.78, 5) is 11.9. The van der Waals surface area contributed by atoms with Gasteiger partial charge in [0.2, 0.25) is 0 Å². The number of rotatable bonds is 5. The lowest BCUT2D eigenvalue weighted by atomic mass is 10.2. The van der Waals surface area contributed by atoms with Crippen LogP contribution >= 0.6 is 11.6 Å². The molecule has 22 heavy (non-hydrogen) atoms. The minimum absolute atomic E-state index is 0.219. The summed E-state index contributed by atoms with van der Waals surface area (Å²) in [6.07, 6.45) is 0. The Kier molecular flexibility index (Phi) is 5.44. The normalized spacial score (nSPS) is 10.5. The number of aryl methyl sites for hydroxylation is 2. The molecule has 0 aliphatic carbocycles. The Morgan fingerprint density at radius 1 is 1.23 bits per heavy atom. The molecule has 6 heteroatoms. The lowest BCUT2D eigenvalue weighted by Gasteiger charge is -2.09. The average Bonchev–Trinajstić information content (AvgIpc) is 2.78. The highest BCUT2D eigenvalue weighted by atomic mass is 35.5. The zero-order valence-electron chi connectivity index (χ0n) is 13.1. The fraction of sp³-hybridized carbons (Fsp3) is 0.375. The van der Waals surface area contributed by atoms with E-state index in [0.717, 1.165) is 29.1 Å². The minimum Gasteiger partial charge on any atom is -0.334 e. The quantitative estimate of drug-likeness (QED) is 0.889. The predicted octanol–water partition coefficient (Wildman–Crippen LogP) is 3.17. The number of carbonyl (C=O) groups excluding carboxylic acids is 1. The Morgan fingerprint density at radius 2 is 1.91 bits per heavy atom. The topological polar surface area (TPSA) is 59.0 Å². The van der Waals surface area contributed by atoms with E-state index in [0.29, 0.717) is 18.1 Å². The second-order valence-electron chi connectivity index (χ2n) is 5.09. The van der Waals surface area contributed by atoms with Crippen LogP contribution in [-0.2, 0) is 19.6 Å². The summed E-state index contributed by atoms with van der Waals surface area (Å²) in [5.41, 5.74) is 4.00. The van der Waals surface area contributed by atoms with Crippen molar-refractivity contribution in [1.29, 1.82) is 0 Å². The molecule has 0 fully saturated rings. The molecule has 0 saturated carbocycles. The maximum absolute atomic E-state index is 11.9. The van der Waals surface area contributed by atoms with Gasteiger partial charge in [-0.2, -0.15) is 5.10 Å². The van der Waals surface area contributed by atoms with Gasteiger partial charge in [-0.05, 0) is 32.4 Å². The van der Waals surface area contributed by atoms with Gasteiger partial charge in [-0.15, -0.1) is 0 Å². The Bertz CT molecular complexity index is 666. The highest BCUT2D eigenvalue weighted by Gasteiger charge is 2.11. The smallest absolute Gasteiger partial charge is 0.315 e. The molecular weight excluding hydrogens is 300 g/mol. The Hall–Kier alpha value is -2.01. The first-order valence-electron chi connectivity index (χ1n) is 7.31. The molecule has 1 aromatic heterocycles. The van der Waals surface area contributed by atoms with Crippen LogP contribution in [0, 0.1) is 13.8 Å². The molecular formula is C16H21ClN4O. The number of urea groups is 1. The maximum atomic E-state index is 11.9. The fourth-order valence-electron chi connectivity index (χ4n) is 2.35. The fourth-order valence-corrected chi connectivity index (χ4v) is 2.55. The van der Waals surface area contributed by atoms with Gasteiger partial charge in [0, 0.05) is 35.9 Å². The summed E-state index contributed by atoms with van der Waals surface area (Å²) in [5.74, 6) is 0. The molecule has 0 atom stereocenters. The SMILES string of the molecule is CCn1nc(C)c(CNC(=O)NCc2ccccc2Cl)c1C. The maximum Gasteiger partial charge on any atom is 0.315 e. The number of nitrogens with one attached hydrogen (secondary N) is 2. The van der Waals surface area contributed by atoms with Gasteiger partial charge in [0.1, 0.15) is 0 Å². The molecule has 1 heterocycles. The van der Waals surface area contributed by atoms with Crippen molar-refractivity contribution in [3.8, 4) is 0 Å². The molecule has 5 nitrogen and oxygen atoms in total. The molecule has 0 spiro atoms. The largest absolute Gasteiger partial charge is 0.334 e. The van der Waals surface area contributed by atoms with Gasteiger partial charge in [0.15, 0.2) is 0 Å². The summed E-state index contributed by atoms with van der Waals surface area (Å²) in [6, 6.07) is 7.24. The van der Waals surface area contributed by atoms with Crippen LogP contribution in [0.2, 0.25) is 5.02 Å². The van der Waals surface area contributed by atoms with Crippen molar-refractivity contribution in [2.45, 2.75) is 40.4 Å². The third kappa shape index (κ3) is 3.80. The lowest BCUT2D eigenvalue weighted by Crippen LogP contribution is -2.34. The molecule has 1 aromatic carbocycles. The van der Waals surface area contributed by atoms with E-state index in [9.17, 15) is 4.79 Å². The molecule has 0 aliphatic rings. The number of hydrogen-bond donors (Lipinski definition) is 2. The molecule has 0 saturated heterocycles. The third-order valence-electron chi connectivity index (χ3n) is 3.65. The van der Waals surface area contributed by atoms with E-state index < -0.39 is 0 Å². The first-order chi connectivity index (χ1) is 10.5. The molecule has 0 aliphatic heterocycles.